The van der Waals surface area contributed by atoms with Crippen LogP contribution in [-0.2, 0) is 16.6 Å². The summed E-state index contributed by atoms with van der Waals surface area (Å²) < 4.78 is 33.7. The van der Waals surface area contributed by atoms with E-state index in [0.29, 0.717) is 11.7 Å². The fourth-order valence-corrected chi connectivity index (χ4v) is 4.00. The molecule has 0 amide bonds. The van der Waals surface area contributed by atoms with Crippen molar-refractivity contribution in [2.75, 3.05) is 5.73 Å². The lowest BCUT2D eigenvalue weighted by Gasteiger charge is -2.09. The second kappa shape index (κ2) is 5.73. The number of nitrogens with zero attached hydrogens (tertiary/aromatic N) is 3. The Morgan fingerprint density at radius 2 is 2.18 bits per heavy atom. The van der Waals surface area contributed by atoms with Gasteiger partial charge in [0.15, 0.2) is 16.5 Å². The highest BCUT2D eigenvalue weighted by atomic mass is 32.2. The van der Waals surface area contributed by atoms with Gasteiger partial charge in [0.25, 0.3) is 0 Å². The summed E-state index contributed by atoms with van der Waals surface area (Å²) >= 11 is 0. The predicted molar refractivity (Wildman–Crippen MR) is 79.4 cm³/mol. The van der Waals surface area contributed by atoms with Gasteiger partial charge in [-0.2, -0.15) is 5.10 Å². The van der Waals surface area contributed by atoms with Crippen molar-refractivity contribution in [1.29, 1.82) is 0 Å². The third-order valence-corrected chi connectivity index (χ3v) is 5.47. The fraction of sp³-hybridized carbons (Fsp3) is 0.538. The van der Waals surface area contributed by atoms with Gasteiger partial charge in [0, 0.05) is 6.20 Å². The van der Waals surface area contributed by atoms with E-state index in [9.17, 15) is 8.42 Å². The Balaban J connectivity index is 1.69. The topological polar surface area (TPSA) is 116 Å². The SMILES string of the molecule is Cc1onc(N)c1S(=O)(=O)NCc1ccn(C2CCCC2)n1. The molecule has 1 aliphatic carbocycles. The number of hydrogen-bond donors (Lipinski definition) is 2. The maximum Gasteiger partial charge on any atom is 0.248 e. The Kier molecular flexibility index (Phi) is 3.92. The highest BCUT2D eigenvalue weighted by Gasteiger charge is 2.25. The molecule has 2 aromatic heterocycles. The largest absolute Gasteiger partial charge is 0.380 e. The Morgan fingerprint density at radius 1 is 1.45 bits per heavy atom. The Morgan fingerprint density at radius 3 is 2.82 bits per heavy atom. The van der Waals surface area contributed by atoms with E-state index in [4.69, 9.17) is 10.3 Å². The van der Waals surface area contributed by atoms with Gasteiger partial charge < -0.3 is 10.3 Å². The molecule has 1 aliphatic rings. The summed E-state index contributed by atoms with van der Waals surface area (Å²) in [5, 5.41) is 7.90. The van der Waals surface area contributed by atoms with Crippen LogP contribution in [0.1, 0.15) is 43.2 Å². The van der Waals surface area contributed by atoms with Gasteiger partial charge >= 0.3 is 0 Å². The molecule has 0 unspecified atom stereocenters. The number of hydrogen-bond acceptors (Lipinski definition) is 6. The van der Waals surface area contributed by atoms with Gasteiger partial charge in [-0.3, -0.25) is 4.68 Å². The number of aromatic nitrogens is 3. The van der Waals surface area contributed by atoms with Crippen molar-refractivity contribution >= 4 is 15.8 Å². The van der Waals surface area contributed by atoms with Crippen molar-refractivity contribution in [3.05, 3.63) is 23.7 Å². The van der Waals surface area contributed by atoms with Crippen LogP contribution in [-0.4, -0.2) is 23.4 Å². The van der Waals surface area contributed by atoms with Crippen LogP contribution in [0.5, 0.6) is 0 Å². The lowest BCUT2D eigenvalue weighted by atomic mass is 10.3. The van der Waals surface area contributed by atoms with Gasteiger partial charge in [0.05, 0.1) is 18.3 Å². The monoisotopic (exact) mass is 325 g/mol. The average molecular weight is 325 g/mol. The molecule has 0 saturated heterocycles. The normalized spacial score (nSPS) is 16.4. The number of sulfonamides is 1. The third-order valence-electron chi connectivity index (χ3n) is 3.91. The van der Waals surface area contributed by atoms with Crippen LogP contribution in [0, 0.1) is 6.92 Å². The fourth-order valence-electron chi connectivity index (χ4n) is 2.79. The van der Waals surface area contributed by atoms with Crippen molar-refractivity contribution in [2.45, 2.75) is 50.1 Å². The zero-order chi connectivity index (χ0) is 15.7. The number of nitrogens with two attached hydrogens (primary N) is 1. The first-order valence-electron chi connectivity index (χ1n) is 7.23. The van der Waals surface area contributed by atoms with Gasteiger partial charge in [-0.1, -0.05) is 18.0 Å². The second-order valence-corrected chi connectivity index (χ2v) is 7.21. The first-order valence-corrected chi connectivity index (χ1v) is 8.71. The minimum atomic E-state index is -3.77. The zero-order valence-corrected chi connectivity index (χ0v) is 13.1. The molecule has 1 fully saturated rings. The third kappa shape index (κ3) is 2.86. The van der Waals surface area contributed by atoms with E-state index in [1.807, 2.05) is 16.9 Å². The first kappa shape index (κ1) is 15.0. The Hall–Kier alpha value is -1.87. The molecule has 0 atom stereocenters. The van der Waals surface area contributed by atoms with Gasteiger partial charge in [-0.15, -0.1) is 0 Å². The zero-order valence-electron chi connectivity index (χ0n) is 12.3. The molecule has 1 saturated carbocycles. The molecule has 0 radical (unpaired) electrons. The van der Waals surface area contributed by atoms with Crippen LogP contribution in [0.4, 0.5) is 5.82 Å². The van der Waals surface area contributed by atoms with E-state index in [-0.39, 0.29) is 23.0 Å². The molecule has 120 valence electrons. The predicted octanol–water partition coefficient (Wildman–Crippen LogP) is 1.36. The molecule has 2 heterocycles. The van der Waals surface area contributed by atoms with Crippen LogP contribution in [0.3, 0.4) is 0 Å². The molecule has 3 N–H and O–H groups in total. The number of aryl methyl sites for hydroxylation is 1. The number of nitrogens with one attached hydrogen (secondary N) is 1. The van der Waals surface area contributed by atoms with Gasteiger partial charge in [0.1, 0.15) is 0 Å². The quantitative estimate of drug-likeness (QED) is 0.857. The van der Waals surface area contributed by atoms with Crippen LogP contribution in [0.15, 0.2) is 21.7 Å². The summed E-state index contributed by atoms with van der Waals surface area (Å²) in [6.07, 6.45) is 6.60. The molecule has 0 bridgehead atoms. The standard InChI is InChI=1S/C13H19N5O3S/c1-9-12(13(14)17-21-9)22(19,20)15-8-10-6-7-18(16-10)11-4-2-3-5-11/h6-7,11,15H,2-5,8H2,1H3,(H2,14,17). The Bertz CT molecular complexity index is 739. The molecule has 0 spiro atoms. The maximum absolute atomic E-state index is 12.2. The number of nitrogen functional groups attached to an aromatic ring is 1. The van der Waals surface area contributed by atoms with E-state index in [1.165, 1.54) is 19.8 Å². The summed E-state index contributed by atoms with van der Waals surface area (Å²) in [6.45, 7) is 1.61. The highest BCUT2D eigenvalue weighted by molar-refractivity contribution is 7.89. The van der Waals surface area contributed by atoms with E-state index in [1.54, 1.807) is 0 Å². The smallest absolute Gasteiger partial charge is 0.248 e. The van der Waals surface area contributed by atoms with Gasteiger partial charge in [0.2, 0.25) is 10.0 Å². The molecule has 2 aromatic rings. The van der Waals surface area contributed by atoms with E-state index in [2.05, 4.69) is 15.0 Å². The van der Waals surface area contributed by atoms with Crippen LogP contribution < -0.4 is 10.5 Å². The van der Waals surface area contributed by atoms with Crippen LogP contribution in [0.25, 0.3) is 0 Å². The second-order valence-electron chi connectivity index (χ2n) is 5.50. The maximum atomic E-state index is 12.2. The molecule has 0 aromatic carbocycles. The summed E-state index contributed by atoms with van der Waals surface area (Å²) in [5.74, 6) is 0.0305. The highest BCUT2D eigenvalue weighted by Crippen LogP contribution is 2.28. The van der Waals surface area contributed by atoms with Crippen molar-refractivity contribution in [3.8, 4) is 0 Å². The van der Waals surface area contributed by atoms with Gasteiger partial charge in [-0.25, -0.2) is 13.1 Å². The summed E-state index contributed by atoms with van der Waals surface area (Å²) in [6, 6.07) is 2.26. The number of rotatable bonds is 5. The molecule has 0 aliphatic heterocycles. The van der Waals surface area contributed by atoms with Crippen molar-refractivity contribution in [2.24, 2.45) is 0 Å². The van der Waals surface area contributed by atoms with Crippen LogP contribution in [0.2, 0.25) is 0 Å². The van der Waals surface area contributed by atoms with E-state index in [0.717, 1.165) is 12.8 Å². The summed E-state index contributed by atoms with van der Waals surface area (Å²) in [5.41, 5.74) is 6.21. The van der Waals surface area contributed by atoms with E-state index >= 15 is 0 Å². The lowest BCUT2D eigenvalue weighted by Crippen LogP contribution is -2.24. The van der Waals surface area contributed by atoms with Crippen LogP contribution >= 0.6 is 0 Å². The average Bonchev–Trinajstić information content (AvgIpc) is 3.17. The van der Waals surface area contributed by atoms with Crippen molar-refractivity contribution < 1.29 is 12.9 Å². The summed E-state index contributed by atoms with van der Waals surface area (Å²) in [4.78, 5) is -0.109. The number of anilines is 1. The van der Waals surface area contributed by atoms with Gasteiger partial charge in [-0.05, 0) is 25.8 Å². The minimum absolute atomic E-state index is 0.103. The lowest BCUT2D eigenvalue weighted by molar-refractivity contribution is 0.396. The first-order chi connectivity index (χ1) is 10.5. The van der Waals surface area contributed by atoms with Crippen molar-refractivity contribution in [1.82, 2.24) is 19.7 Å². The Labute approximate surface area is 128 Å². The molecule has 3 rings (SSSR count). The van der Waals surface area contributed by atoms with Crippen molar-refractivity contribution in [3.63, 3.8) is 0 Å². The van der Waals surface area contributed by atoms with E-state index < -0.39 is 10.0 Å². The molecular weight excluding hydrogens is 306 g/mol. The molecule has 8 nitrogen and oxygen atoms in total. The molecule has 22 heavy (non-hydrogen) atoms. The minimum Gasteiger partial charge on any atom is -0.380 e. The molecular formula is C13H19N5O3S. The summed E-state index contributed by atoms with van der Waals surface area (Å²) in [7, 11) is -3.77. The molecule has 9 heteroatoms.